The van der Waals surface area contributed by atoms with Gasteiger partial charge in [-0.15, -0.1) is 11.3 Å². The number of hydrogen-bond donors (Lipinski definition) is 2. The molecule has 2 amide bonds. The van der Waals surface area contributed by atoms with Gasteiger partial charge in [0.05, 0.1) is 6.61 Å². The maximum Gasteiger partial charge on any atom is 0.341 e. The minimum absolute atomic E-state index is 0.246. The fourth-order valence-corrected chi connectivity index (χ4v) is 4.06. The Hall–Kier alpha value is -2.83. The van der Waals surface area contributed by atoms with Crippen molar-refractivity contribution in [2.75, 3.05) is 17.2 Å². The molecule has 0 atom stereocenters. The minimum atomic E-state index is -0.469. The largest absolute Gasteiger partial charge is 0.462 e. The zero-order valence-electron chi connectivity index (χ0n) is 15.4. The van der Waals surface area contributed by atoms with E-state index in [1.54, 1.807) is 31.2 Å². The number of amides is 2. The molecule has 1 aromatic heterocycles. The van der Waals surface area contributed by atoms with Gasteiger partial charge in [-0.2, -0.15) is 0 Å². The maximum atomic E-state index is 12.7. The van der Waals surface area contributed by atoms with Crippen molar-refractivity contribution in [3.05, 3.63) is 70.1 Å². The second kappa shape index (κ2) is 8.91. The molecule has 2 N–H and O–H groups in total. The molecule has 5 nitrogen and oxygen atoms in total. The lowest BCUT2D eigenvalue weighted by Gasteiger charge is -2.10. The van der Waals surface area contributed by atoms with Gasteiger partial charge in [0.25, 0.3) is 0 Å². The first kappa shape index (κ1) is 19.9. The number of anilines is 2. The van der Waals surface area contributed by atoms with Gasteiger partial charge in [0.2, 0.25) is 0 Å². The average molecular weight is 415 g/mol. The Bertz CT molecular complexity index is 1000. The van der Waals surface area contributed by atoms with Gasteiger partial charge in [-0.05, 0) is 37.6 Å². The quantitative estimate of drug-likeness (QED) is 0.488. The van der Waals surface area contributed by atoms with Crippen molar-refractivity contribution in [2.45, 2.75) is 13.8 Å². The molecule has 144 valence electrons. The second-order valence-corrected chi connectivity index (χ2v) is 7.57. The van der Waals surface area contributed by atoms with Gasteiger partial charge in [0.1, 0.15) is 10.6 Å². The summed E-state index contributed by atoms with van der Waals surface area (Å²) in [4.78, 5) is 26.0. The standard InChI is InChI=1S/C21H19ClN2O3S/c1-3-27-20(25)18-17(14-8-5-4-6-9-14)13(2)28-19(18)24-21(26)23-16-11-7-10-15(22)12-16/h4-12H,3H2,1-2H3,(H2,23,24,26). The lowest BCUT2D eigenvalue weighted by molar-refractivity contribution is 0.0529. The first-order valence-electron chi connectivity index (χ1n) is 8.69. The number of nitrogens with one attached hydrogen (secondary N) is 2. The number of carbonyl (C=O) groups excluding carboxylic acids is 2. The smallest absolute Gasteiger partial charge is 0.341 e. The topological polar surface area (TPSA) is 67.4 Å². The fraction of sp³-hybridized carbons (Fsp3) is 0.143. The van der Waals surface area contributed by atoms with Crippen LogP contribution in [0, 0.1) is 6.92 Å². The van der Waals surface area contributed by atoms with E-state index in [0.717, 1.165) is 16.0 Å². The number of esters is 1. The van der Waals surface area contributed by atoms with Crippen molar-refractivity contribution >= 4 is 45.6 Å². The van der Waals surface area contributed by atoms with Gasteiger partial charge < -0.3 is 10.1 Å². The van der Waals surface area contributed by atoms with Crippen LogP contribution in [0.15, 0.2) is 54.6 Å². The minimum Gasteiger partial charge on any atom is -0.462 e. The monoisotopic (exact) mass is 414 g/mol. The number of urea groups is 1. The maximum absolute atomic E-state index is 12.7. The molecule has 7 heteroatoms. The predicted molar refractivity (Wildman–Crippen MR) is 115 cm³/mol. The van der Waals surface area contributed by atoms with Crippen molar-refractivity contribution in [3.63, 3.8) is 0 Å². The molecular formula is C21H19ClN2O3S. The Morgan fingerprint density at radius 2 is 1.82 bits per heavy atom. The lowest BCUT2D eigenvalue weighted by atomic mass is 10.0. The number of ether oxygens (including phenoxy) is 1. The van der Waals surface area contributed by atoms with Crippen LogP contribution in [0.2, 0.25) is 5.02 Å². The Morgan fingerprint density at radius 3 is 2.50 bits per heavy atom. The number of carbonyl (C=O) groups is 2. The van der Waals surface area contributed by atoms with Crippen molar-refractivity contribution in [2.24, 2.45) is 0 Å². The van der Waals surface area contributed by atoms with E-state index in [-0.39, 0.29) is 6.61 Å². The number of benzene rings is 2. The Morgan fingerprint density at radius 1 is 1.07 bits per heavy atom. The van der Waals surface area contributed by atoms with Crippen molar-refractivity contribution in [1.82, 2.24) is 0 Å². The van der Waals surface area contributed by atoms with Crippen LogP contribution in [0.1, 0.15) is 22.2 Å². The van der Waals surface area contributed by atoms with Gasteiger partial charge in [0, 0.05) is 21.2 Å². The molecule has 3 aromatic rings. The third kappa shape index (κ3) is 4.52. The van der Waals surface area contributed by atoms with Gasteiger partial charge in [-0.3, -0.25) is 5.32 Å². The molecule has 0 radical (unpaired) electrons. The predicted octanol–water partition coefficient (Wildman–Crippen LogP) is 6.20. The van der Waals surface area contributed by atoms with Gasteiger partial charge in [-0.25, -0.2) is 9.59 Å². The van der Waals surface area contributed by atoms with E-state index in [1.807, 2.05) is 37.3 Å². The normalized spacial score (nSPS) is 10.4. The van der Waals surface area contributed by atoms with Crippen LogP contribution in [0.25, 0.3) is 11.1 Å². The van der Waals surface area contributed by atoms with E-state index in [9.17, 15) is 9.59 Å². The molecule has 3 rings (SSSR count). The molecule has 0 aliphatic carbocycles. The van der Waals surface area contributed by atoms with E-state index >= 15 is 0 Å². The van der Waals surface area contributed by atoms with E-state index in [0.29, 0.717) is 21.3 Å². The molecule has 0 saturated carbocycles. The van der Waals surface area contributed by atoms with Crippen LogP contribution in [0.3, 0.4) is 0 Å². The molecule has 0 spiro atoms. The SMILES string of the molecule is CCOC(=O)c1c(NC(=O)Nc2cccc(Cl)c2)sc(C)c1-c1ccccc1. The van der Waals surface area contributed by atoms with Crippen LogP contribution < -0.4 is 10.6 Å². The summed E-state index contributed by atoms with van der Waals surface area (Å²) in [5.41, 5.74) is 2.57. The molecular weight excluding hydrogens is 396 g/mol. The van der Waals surface area contributed by atoms with Crippen molar-refractivity contribution < 1.29 is 14.3 Å². The third-order valence-corrected chi connectivity index (χ3v) is 5.19. The van der Waals surface area contributed by atoms with Crippen LogP contribution in [0.4, 0.5) is 15.5 Å². The molecule has 2 aromatic carbocycles. The molecule has 0 saturated heterocycles. The summed E-state index contributed by atoms with van der Waals surface area (Å²) in [7, 11) is 0. The molecule has 0 bridgehead atoms. The zero-order chi connectivity index (χ0) is 20.1. The molecule has 0 fully saturated rings. The highest BCUT2D eigenvalue weighted by atomic mass is 35.5. The Kier molecular flexibility index (Phi) is 6.34. The van der Waals surface area contributed by atoms with E-state index in [1.165, 1.54) is 11.3 Å². The molecule has 0 aliphatic rings. The van der Waals surface area contributed by atoms with Gasteiger partial charge in [-0.1, -0.05) is 48.0 Å². The molecule has 0 aliphatic heterocycles. The van der Waals surface area contributed by atoms with E-state index in [2.05, 4.69) is 10.6 Å². The van der Waals surface area contributed by atoms with Gasteiger partial charge >= 0.3 is 12.0 Å². The second-order valence-electron chi connectivity index (χ2n) is 5.91. The Balaban J connectivity index is 1.94. The number of thiophene rings is 1. The Labute approximate surface area is 172 Å². The number of rotatable bonds is 5. The van der Waals surface area contributed by atoms with Crippen LogP contribution in [-0.2, 0) is 4.74 Å². The summed E-state index contributed by atoms with van der Waals surface area (Å²) in [5.74, 6) is -0.469. The first-order valence-corrected chi connectivity index (χ1v) is 9.88. The number of halogens is 1. The fourth-order valence-electron chi connectivity index (χ4n) is 2.81. The summed E-state index contributed by atoms with van der Waals surface area (Å²) in [6.07, 6.45) is 0. The summed E-state index contributed by atoms with van der Waals surface area (Å²) >= 11 is 7.28. The third-order valence-electron chi connectivity index (χ3n) is 3.94. The first-order chi connectivity index (χ1) is 13.5. The highest BCUT2D eigenvalue weighted by Crippen LogP contribution is 2.40. The van der Waals surface area contributed by atoms with Crippen LogP contribution >= 0.6 is 22.9 Å². The van der Waals surface area contributed by atoms with Crippen LogP contribution in [0.5, 0.6) is 0 Å². The zero-order valence-corrected chi connectivity index (χ0v) is 17.0. The van der Waals surface area contributed by atoms with Crippen molar-refractivity contribution in [1.29, 1.82) is 0 Å². The number of aryl methyl sites for hydroxylation is 1. The summed E-state index contributed by atoms with van der Waals surface area (Å²) in [6.45, 7) is 3.91. The molecule has 28 heavy (non-hydrogen) atoms. The van der Waals surface area contributed by atoms with E-state index < -0.39 is 12.0 Å². The summed E-state index contributed by atoms with van der Waals surface area (Å²) < 4.78 is 5.24. The van der Waals surface area contributed by atoms with Crippen molar-refractivity contribution in [3.8, 4) is 11.1 Å². The van der Waals surface area contributed by atoms with E-state index in [4.69, 9.17) is 16.3 Å². The highest BCUT2D eigenvalue weighted by Gasteiger charge is 2.25. The highest BCUT2D eigenvalue weighted by molar-refractivity contribution is 7.17. The summed E-state index contributed by atoms with van der Waals surface area (Å²) in [6, 6.07) is 15.9. The molecule has 0 unspecified atom stereocenters. The lowest BCUT2D eigenvalue weighted by Crippen LogP contribution is -2.20. The molecule has 1 heterocycles. The van der Waals surface area contributed by atoms with Gasteiger partial charge in [0.15, 0.2) is 0 Å². The summed E-state index contributed by atoms with van der Waals surface area (Å²) in [5, 5.41) is 6.45. The van der Waals surface area contributed by atoms with Crippen LogP contribution in [-0.4, -0.2) is 18.6 Å². The average Bonchev–Trinajstić information content (AvgIpc) is 2.98. The number of hydrogen-bond acceptors (Lipinski definition) is 4.